The van der Waals surface area contributed by atoms with Crippen LogP contribution in [0.3, 0.4) is 0 Å². The first-order chi connectivity index (χ1) is 15.1. The van der Waals surface area contributed by atoms with Gasteiger partial charge in [-0.3, -0.25) is 15.2 Å². The molecule has 1 saturated heterocycles. The first kappa shape index (κ1) is 19.5. The van der Waals surface area contributed by atoms with E-state index >= 15 is 0 Å². The number of amides is 1. The minimum Gasteiger partial charge on any atom is -0.339 e. The molecule has 0 spiro atoms. The standard InChI is InChI=1S/C22H26N8O/c1-15-11-19(27-26-15)25-21-14-29(13-20-24-7-10-30(20)21)18-4-2-3-16(12-18)22(31)28-8-5-17(23)6-9-28/h2-4,7,10-12,14,17H,5-6,8-9,13,23H2,1H3,(H2,25,26,27)/p+1. The van der Waals surface area contributed by atoms with Gasteiger partial charge in [-0.2, -0.15) is 5.10 Å². The SMILES string of the molecule is Cc1cc(NC2=CN(c3cccc(C(=O)N4CCC(N)CC4)c3)CC3=NC=C[NH+]23)n[nH]1. The molecule has 0 radical (unpaired) electrons. The molecule has 5 rings (SSSR count). The van der Waals surface area contributed by atoms with E-state index in [4.69, 9.17) is 5.73 Å². The number of benzene rings is 1. The first-order valence-electron chi connectivity index (χ1n) is 10.6. The second kappa shape index (κ2) is 8.01. The van der Waals surface area contributed by atoms with Gasteiger partial charge in [0.1, 0.15) is 12.7 Å². The summed E-state index contributed by atoms with van der Waals surface area (Å²) in [5.74, 6) is 2.73. The van der Waals surface area contributed by atoms with Crippen LogP contribution in [0.25, 0.3) is 0 Å². The molecule has 1 amide bonds. The van der Waals surface area contributed by atoms with Gasteiger partial charge in [0, 0.05) is 42.1 Å². The van der Waals surface area contributed by atoms with E-state index in [0.717, 1.165) is 46.6 Å². The third-order valence-corrected chi connectivity index (χ3v) is 5.90. The molecule has 0 aliphatic carbocycles. The van der Waals surface area contributed by atoms with Crippen molar-refractivity contribution in [2.75, 3.05) is 29.9 Å². The number of hydrogen-bond donors (Lipinski definition) is 4. The molecule has 2 aromatic rings. The summed E-state index contributed by atoms with van der Waals surface area (Å²) in [4.78, 5) is 22.6. The first-order valence-corrected chi connectivity index (χ1v) is 10.6. The van der Waals surface area contributed by atoms with Gasteiger partial charge in [0.25, 0.3) is 5.91 Å². The lowest BCUT2D eigenvalue weighted by atomic mass is 10.0. The van der Waals surface area contributed by atoms with Crippen molar-refractivity contribution in [3.8, 4) is 0 Å². The van der Waals surface area contributed by atoms with Crippen molar-refractivity contribution in [1.29, 1.82) is 0 Å². The molecule has 4 heterocycles. The Morgan fingerprint density at radius 3 is 2.90 bits per heavy atom. The number of anilines is 2. The normalized spacial score (nSPS) is 21.0. The highest BCUT2D eigenvalue weighted by Gasteiger charge is 2.32. The Morgan fingerprint density at radius 1 is 1.29 bits per heavy atom. The van der Waals surface area contributed by atoms with Gasteiger partial charge in [0.05, 0.1) is 12.4 Å². The zero-order chi connectivity index (χ0) is 21.4. The molecule has 1 fully saturated rings. The van der Waals surface area contributed by atoms with Crippen LogP contribution in [-0.4, -0.2) is 52.5 Å². The average molecular weight is 420 g/mol. The van der Waals surface area contributed by atoms with Gasteiger partial charge in [0.2, 0.25) is 11.7 Å². The monoisotopic (exact) mass is 419 g/mol. The zero-order valence-electron chi connectivity index (χ0n) is 17.5. The van der Waals surface area contributed by atoms with Gasteiger partial charge in [0.15, 0.2) is 5.82 Å². The number of aromatic nitrogens is 2. The molecule has 5 N–H and O–H groups in total. The summed E-state index contributed by atoms with van der Waals surface area (Å²) in [6.45, 7) is 4.04. The summed E-state index contributed by atoms with van der Waals surface area (Å²) in [5, 5.41) is 10.6. The number of nitrogens with zero attached hydrogens (tertiary/aromatic N) is 4. The fraction of sp³-hybridized carbons (Fsp3) is 0.318. The number of aryl methyl sites for hydroxylation is 1. The van der Waals surface area contributed by atoms with E-state index in [2.05, 4.69) is 31.6 Å². The Kier molecular flexibility index (Phi) is 5.05. The van der Waals surface area contributed by atoms with Crippen LogP contribution in [0.1, 0.15) is 28.9 Å². The van der Waals surface area contributed by atoms with Crippen molar-refractivity contribution in [1.82, 2.24) is 15.1 Å². The van der Waals surface area contributed by atoms with Crippen LogP contribution in [0.15, 0.2) is 59.7 Å². The summed E-state index contributed by atoms with van der Waals surface area (Å²) in [5.41, 5.74) is 8.62. The molecule has 1 unspecified atom stereocenters. The largest absolute Gasteiger partial charge is 0.339 e. The van der Waals surface area contributed by atoms with Crippen LogP contribution in [-0.2, 0) is 0 Å². The highest BCUT2D eigenvalue weighted by Crippen LogP contribution is 2.21. The van der Waals surface area contributed by atoms with Gasteiger partial charge < -0.3 is 15.5 Å². The summed E-state index contributed by atoms with van der Waals surface area (Å²) in [6.07, 6.45) is 7.59. The fourth-order valence-corrected chi connectivity index (χ4v) is 4.16. The maximum absolute atomic E-state index is 13.0. The maximum atomic E-state index is 13.0. The molecule has 3 aliphatic rings. The van der Waals surface area contributed by atoms with Crippen LogP contribution < -0.4 is 20.9 Å². The lowest BCUT2D eigenvalue weighted by Gasteiger charge is -2.31. The van der Waals surface area contributed by atoms with Crippen molar-refractivity contribution in [3.05, 3.63) is 66.0 Å². The molecule has 1 aromatic carbocycles. The van der Waals surface area contributed by atoms with Crippen molar-refractivity contribution >= 4 is 23.2 Å². The van der Waals surface area contributed by atoms with E-state index < -0.39 is 0 Å². The number of piperidine rings is 1. The van der Waals surface area contributed by atoms with Gasteiger partial charge in [-0.25, -0.2) is 9.89 Å². The molecule has 9 heteroatoms. The second-order valence-corrected chi connectivity index (χ2v) is 8.22. The third kappa shape index (κ3) is 3.97. The maximum Gasteiger partial charge on any atom is 0.253 e. The molecule has 9 nitrogen and oxygen atoms in total. The van der Waals surface area contributed by atoms with Crippen molar-refractivity contribution < 1.29 is 9.69 Å². The second-order valence-electron chi connectivity index (χ2n) is 8.22. The number of nitrogens with one attached hydrogen (secondary N) is 3. The highest BCUT2D eigenvalue weighted by atomic mass is 16.2. The van der Waals surface area contributed by atoms with Crippen molar-refractivity contribution in [2.45, 2.75) is 25.8 Å². The number of hydrogen-bond acceptors (Lipinski definition) is 6. The number of nitrogens with two attached hydrogens (primary N) is 1. The molecular formula is C22H27N8O+. The summed E-state index contributed by atoms with van der Waals surface area (Å²) in [7, 11) is 0. The number of aromatic amines is 1. The van der Waals surface area contributed by atoms with Crippen molar-refractivity contribution in [2.24, 2.45) is 10.7 Å². The minimum atomic E-state index is 0.0622. The molecular weight excluding hydrogens is 392 g/mol. The van der Waals surface area contributed by atoms with E-state index in [1.54, 1.807) is 0 Å². The lowest BCUT2D eigenvalue weighted by Crippen LogP contribution is -3.10. The van der Waals surface area contributed by atoms with E-state index in [9.17, 15) is 4.79 Å². The van der Waals surface area contributed by atoms with E-state index in [1.807, 2.05) is 54.6 Å². The highest BCUT2D eigenvalue weighted by molar-refractivity contribution is 5.95. The predicted molar refractivity (Wildman–Crippen MR) is 119 cm³/mol. The van der Waals surface area contributed by atoms with E-state index in [-0.39, 0.29) is 11.9 Å². The van der Waals surface area contributed by atoms with Crippen molar-refractivity contribution in [3.63, 3.8) is 0 Å². The number of rotatable bonds is 4. The Bertz CT molecular complexity index is 1080. The lowest BCUT2D eigenvalue weighted by molar-refractivity contribution is -0.698. The van der Waals surface area contributed by atoms with Crippen LogP contribution in [0.2, 0.25) is 0 Å². The van der Waals surface area contributed by atoms with Crippen LogP contribution in [0, 0.1) is 6.92 Å². The Balaban J connectivity index is 1.40. The molecule has 1 atom stereocenters. The number of quaternary nitrogens is 1. The number of likely N-dealkylation sites (tertiary alicyclic amines) is 1. The predicted octanol–water partition coefficient (Wildman–Crippen LogP) is 0.781. The number of aliphatic imine (C=N–C) groups is 1. The summed E-state index contributed by atoms with van der Waals surface area (Å²) in [6, 6.07) is 9.95. The van der Waals surface area contributed by atoms with Gasteiger partial charge in [-0.05, 0) is 38.0 Å². The molecule has 31 heavy (non-hydrogen) atoms. The molecule has 0 bridgehead atoms. The van der Waals surface area contributed by atoms with Crippen LogP contribution >= 0.6 is 0 Å². The number of carbonyl (C=O) groups is 1. The topological polar surface area (TPSA) is 107 Å². The number of H-pyrrole nitrogens is 1. The van der Waals surface area contributed by atoms with Crippen LogP contribution in [0.4, 0.5) is 11.5 Å². The zero-order valence-corrected chi connectivity index (χ0v) is 17.5. The Morgan fingerprint density at radius 2 is 2.13 bits per heavy atom. The van der Waals surface area contributed by atoms with Crippen LogP contribution in [0.5, 0.6) is 0 Å². The van der Waals surface area contributed by atoms with Gasteiger partial charge >= 0.3 is 0 Å². The Hall–Kier alpha value is -3.43. The average Bonchev–Trinajstić information content (AvgIpc) is 3.42. The van der Waals surface area contributed by atoms with E-state index in [0.29, 0.717) is 25.2 Å². The molecule has 0 saturated carbocycles. The van der Waals surface area contributed by atoms with Gasteiger partial charge in [-0.15, -0.1) is 0 Å². The number of carbonyl (C=O) groups excluding carboxylic acids is 1. The summed E-state index contributed by atoms with van der Waals surface area (Å²) < 4.78 is 0. The molecule has 1 aromatic heterocycles. The van der Waals surface area contributed by atoms with E-state index in [1.165, 1.54) is 0 Å². The molecule has 3 aliphatic heterocycles. The summed E-state index contributed by atoms with van der Waals surface area (Å²) >= 11 is 0. The number of amidine groups is 1. The minimum absolute atomic E-state index is 0.0622. The Labute approximate surface area is 180 Å². The number of fused-ring (bicyclic) bond motifs is 1. The third-order valence-electron chi connectivity index (χ3n) is 5.90. The fourth-order valence-electron chi connectivity index (χ4n) is 4.16. The smallest absolute Gasteiger partial charge is 0.253 e. The quantitative estimate of drug-likeness (QED) is 0.586. The molecule has 160 valence electrons. The van der Waals surface area contributed by atoms with Gasteiger partial charge in [-0.1, -0.05) is 6.07 Å².